The van der Waals surface area contributed by atoms with E-state index in [1.807, 2.05) is 19.1 Å². The molecule has 0 saturated heterocycles. The van der Waals surface area contributed by atoms with Gasteiger partial charge in [-0.3, -0.25) is 0 Å². The third-order valence-corrected chi connectivity index (χ3v) is 2.24. The standard InChI is InChI=1S/C13H17N5O/c1-5-10-6-9(2)7-11(12(10)19)8-15-16-13(14)17-18(3)4/h5-8H,1,3H2,2,4H3,(H3-,14,15,16,17,19)/p+2. The Bertz CT molecular complexity index is 560. The van der Waals surface area contributed by atoms with Gasteiger partial charge in [-0.2, -0.15) is 0 Å². The molecule has 100 valence electrons. The van der Waals surface area contributed by atoms with Gasteiger partial charge in [-0.05, 0) is 24.6 Å². The van der Waals surface area contributed by atoms with E-state index in [1.165, 1.54) is 4.68 Å². The fourth-order valence-corrected chi connectivity index (χ4v) is 1.49. The average molecular weight is 261 g/mol. The molecule has 0 spiro atoms. The van der Waals surface area contributed by atoms with Crippen molar-refractivity contribution in [2.45, 2.75) is 6.92 Å². The van der Waals surface area contributed by atoms with Crippen LogP contribution in [0.2, 0.25) is 0 Å². The molecular formula is C13H19N5O+2. The molecule has 1 aromatic carbocycles. The van der Waals surface area contributed by atoms with Gasteiger partial charge in [-0.1, -0.05) is 12.7 Å². The third kappa shape index (κ3) is 4.27. The largest absolute Gasteiger partial charge is 0.506 e. The van der Waals surface area contributed by atoms with Crippen LogP contribution in [-0.2, 0) is 0 Å². The SMILES string of the molecule is C=Cc1cc(C)cc(C=[NH+]/N=C(\N)N[N+](=C)C)c1O. The molecule has 0 aliphatic carbocycles. The van der Waals surface area contributed by atoms with Crippen LogP contribution in [0.4, 0.5) is 0 Å². The molecule has 0 aliphatic rings. The lowest BCUT2D eigenvalue weighted by atomic mass is 10.1. The van der Waals surface area contributed by atoms with Gasteiger partial charge in [0, 0.05) is 10.7 Å². The van der Waals surface area contributed by atoms with Crippen molar-refractivity contribution in [3.8, 4) is 5.75 Å². The number of phenolic OH excluding ortho intramolecular Hbond substituents is 1. The fourth-order valence-electron chi connectivity index (χ4n) is 1.49. The highest BCUT2D eigenvalue weighted by molar-refractivity contribution is 5.83. The van der Waals surface area contributed by atoms with E-state index < -0.39 is 0 Å². The van der Waals surface area contributed by atoms with E-state index in [1.54, 1.807) is 19.3 Å². The molecule has 0 fully saturated rings. The molecule has 0 radical (unpaired) electrons. The van der Waals surface area contributed by atoms with Crippen LogP contribution in [0.5, 0.6) is 5.75 Å². The van der Waals surface area contributed by atoms with E-state index >= 15 is 0 Å². The Morgan fingerprint density at radius 1 is 1.53 bits per heavy atom. The molecule has 0 aliphatic heterocycles. The summed E-state index contributed by atoms with van der Waals surface area (Å²) in [5.41, 5.74) is 10.5. The summed E-state index contributed by atoms with van der Waals surface area (Å²) >= 11 is 0. The summed E-state index contributed by atoms with van der Waals surface area (Å²) in [5, 5.41) is 16.5. The summed E-state index contributed by atoms with van der Waals surface area (Å²) in [7, 11) is 1.69. The number of hydrazone groups is 2. The van der Waals surface area contributed by atoms with Crippen molar-refractivity contribution >= 4 is 25.0 Å². The number of hydrogen-bond donors (Lipinski definition) is 4. The number of aryl methyl sites for hydroxylation is 1. The van der Waals surface area contributed by atoms with E-state index in [0.29, 0.717) is 11.1 Å². The first-order chi connectivity index (χ1) is 8.93. The van der Waals surface area contributed by atoms with Gasteiger partial charge >= 0.3 is 5.96 Å². The summed E-state index contributed by atoms with van der Waals surface area (Å²) in [5.74, 6) is 0.300. The van der Waals surface area contributed by atoms with Crippen LogP contribution in [0.3, 0.4) is 0 Å². The van der Waals surface area contributed by atoms with Crippen LogP contribution in [0.25, 0.3) is 6.08 Å². The average Bonchev–Trinajstić information content (AvgIpc) is 2.32. The molecule has 0 amide bonds. The maximum atomic E-state index is 9.97. The topological polar surface area (TPSA) is 87.6 Å². The van der Waals surface area contributed by atoms with Crippen molar-refractivity contribution in [2.24, 2.45) is 10.8 Å². The van der Waals surface area contributed by atoms with Crippen molar-refractivity contribution in [2.75, 3.05) is 7.05 Å². The number of phenols is 1. The normalized spacial score (nSPS) is 11.6. The third-order valence-electron chi connectivity index (χ3n) is 2.24. The molecule has 0 heterocycles. The number of guanidine groups is 1. The molecule has 0 saturated carbocycles. The van der Waals surface area contributed by atoms with Crippen LogP contribution in [-0.4, -0.2) is 35.7 Å². The van der Waals surface area contributed by atoms with Gasteiger partial charge < -0.3 is 10.8 Å². The zero-order valence-electron chi connectivity index (χ0n) is 11.1. The Labute approximate surface area is 112 Å². The van der Waals surface area contributed by atoms with E-state index in [-0.39, 0.29) is 11.7 Å². The minimum absolute atomic E-state index is 0.143. The quantitative estimate of drug-likeness (QED) is 0.241. The van der Waals surface area contributed by atoms with Crippen LogP contribution in [0.15, 0.2) is 23.8 Å². The summed E-state index contributed by atoms with van der Waals surface area (Å²) < 4.78 is 1.42. The predicted molar refractivity (Wildman–Crippen MR) is 77.1 cm³/mol. The molecule has 6 heteroatoms. The highest BCUT2D eigenvalue weighted by Crippen LogP contribution is 2.23. The highest BCUT2D eigenvalue weighted by atomic mass is 16.3. The number of nitrogens with zero attached hydrogens (tertiary/aromatic N) is 2. The predicted octanol–water partition coefficient (Wildman–Crippen LogP) is -1.08. The molecule has 19 heavy (non-hydrogen) atoms. The molecule has 0 bridgehead atoms. The van der Waals surface area contributed by atoms with Gasteiger partial charge in [-0.25, -0.2) is 0 Å². The molecule has 1 rings (SSSR count). The molecule has 0 aromatic heterocycles. The van der Waals surface area contributed by atoms with Crippen molar-refractivity contribution in [3.63, 3.8) is 0 Å². The second kappa shape index (κ2) is 6.34. The summed E-state index contributed by atoms with van der Waals surface area (Å²) in [6, 6.07) is 3.67. The smallest absolute Gasteiger partial charge is 0.314 e. The van der Waals surface area contributed by atoms with Crippen molar-refractivity contribution in [1.29, 1.82) is 0 Å². The first-order valence-corrected chi connectivity index (χ1v) is 5.63. The van der Waals surface area contributed by atoms with Crippen molar-refractivity contribution in [1.82, 2.24) is 5.43 Å². The second-order valence-corrected chi connectivity index (χ2v) is 4.08. The Morgan fingerprint density at radius 3 is 2.74 bits per heavy atom. The van der Waals surface area contributed by atoms with Gasteiger partial charge in [0.1, 0.15) is 5.75 Å². The molecular weight excluding hydrogens is 242 g/mol. The van der Waals surface area contributed by atoms with Crippen LogP contribution < -0.4 is 16.3 Å². The van der Waals surface area contributed by atoms with Crippen molar-refractivity contribution < 1.29 is 14.9 Å². The monoisotopic (exact) mass is 261 g/mol. The number of rotatable bonds is 4. The van der Waals surface area contributed by atoms with Gasteiger partial charge in [0.05, 0.1) is 5.56 Å². The summed E-state index contributed by atoms with van der Waals surface area (Å²) in [6.07, 6.45) is 3.14. The lowest BCUT2D eigenvalue weighted by Crippen LogP contribution is -2.64. The number of aromatic hydroxyl groups is 1. The molecule has 6 nitrogen and oxygen atoms in total. The second-order valence-electron chi connectivity index (χ2n) is 4.08. The first-order valence-electron chi connectivity index (χ1n) is 5.63. The van der Waals surface area contributed by atoms with E-state index in [2.05, 4.69) is 28.9 Å². The van der Waals surface area contributed by atoms with Crippen LogP contribution in [0.1, 0.15) is 16.7 Å². The Balaban J connectivity index is 2.96. The Morgan fingerprint density at radius 2 is 2.16 bits per heavy atom. The maximum Gasteiger partial charge on any atom is 0.314 e. The minimum atomic E-state index is 0.143. The number of nitrogens with two attached hydrogens (primary N) is 1. The minimum Gasteiger partial charge on any atom is -0.506 e. The number of hydrazine groups is 1. The summed E-state index contributed by atoms with van der Waals surface area (Å²) in [4.78, 5) is 0. The number of hydrogen-bond acceptors (Lipinski definition) is 2. The molecule has 0 atom stereocenters. The maximum absolute atomic E-state index is 9.97. The van der Waals surface area contributed by atoms with E-state index in [0.717, 1.165) is 5.56 Å². The summed E-state index contributed by atoms with van der Waals surface area (Å²) in [6.45, 7) is 9.15. The van der Waals surface area contributed by atoms with E-state index in [4.69, 9.17) is 5.73 Å². The number of benzene rings is 1. The molecule has 1 aromatic rings. The van der Waals surface area contributed by atoms with E-state index in [9.17, 15) is 5.11 Å². The van der Waals surface area contributed by atoms with Crippen molar-refractivity contribution in [3.05, 3.63) is 35.4 Å². The zero-order chi connectivity index (χ0) is 14.4. The number of nitrogens with one attached hydrogen (secondary N) is 2. The molecule has 0 unspecified atom stereocenters. The van der Waals surface area contributed by atoms with Crippen LogP contribution in [0, 0.1) is 6.92 Å². The fraction of sp³-hybridized carbons (Fsp3) is 0.154. The Hall–Kier alpha value is -2.63. The lowest BCUT2D eigenvalue weighted by Gasteiger charge is -2.02. The zero-order valence-corrected chi connectivity index (χ0v) is 11.1. The van der Waals surface area contributed by atoms with Gasteiger partial charge in [0.2, 0.25) is 6.21 Å². The lowest BCUT2D eigenvalue weighted by molar-refractivity contribution is -0.536. The highest BCUT2D eigenvalue weighted by Gasteiger charge is 2.07. The Kier molecular flexibility index (Phi) is 4.82. The van der Waals surface area contributed by atoms with Gasteiger partial charge in [-0.15, -0.1) is 15.2 Å². The molecule has 5 N–H and O–H groups in total. The van der Waals surface area contributed by atoms with Gasteiger partial charge in [0.25, 0.3) is 0 Å². The first kappa shape index (κ1) is 14.4. The van der Waals surface area contributed by atoms with Crippen LogP contribution >= 0.6 is 0 Å². The van der Waals surface area contributed by atoms with Gasteiger partial charge in [0.15, 0.2) is 13.8 Å².